The maximum Gasteiger partial charge on any atom is 0.317 e. The highest BCUT2D eigenvalue weighted by Gasteiger charge is 2.56. The van der Waals surface area contributed by atoms with Gasteiger partial charge in [0.25, 0.3) is 5.91 Å². The smallest absolute Gasteiger partial charge is 0.317 e. The van der Waals surface area contributed by atoms with Gasteiger partial charge in [-0.25, -0.2) is 4.79 Å². The van der Waals surface area contributed by atoms with Crippen molar-refractivity contribution in [3.63, 3.8) is 0 Å². The van der Waals surface area contributed by atoms with E-state index >= 15 is 0 Å². The van der Waals surface area contributed by atoms with Crippen LogP contribution in [0, 0.1) is 17.3 Å². The summed E-state index contributed by atoms with van der Waals surface area (Å²) < 4.78 is 0. The van der Waals surface area contributed by atoms with Crippen molar-refractivity contribution in [2.24, 2.45) is 17.3 Å². The van der Waals surface area contributed by atoms with Gasteiger partial charge in [-0.3, -0.25) is 4.79 Å². The van der Waals surface area contributed by atoms with Gasteiger partial charge in [0.1, 0.15) is 0 Å². The largest absolute Gasteiger partial charge is 0.338 e. The van der Waals surface area contributed by atoms with E-state index in [0.29, 0.717) is 18.4 Å². The molecule has 1 aromatic carbocycles. The minimum Gasteiger partial charge on any atom is -0.338 e. The molecule has 2 fully saturated rings. The Morgan fingerprint density at radius 2 is 1.78 bits per heavy atom. The lowest BCUT2D eigenvalue weighted by molar-refractivity contribution is 0.00115. The highest BCUT2D eigenvalue weighted by Crippen LogP contribution is 2.44. The van der Waals surface area contributed by atoms with Crippen molar-refractivity contribution in [1.82, 2.24) is 20.0 Å². The minimum absolute atomic E-state index is 0.0177. The highest BCUT2D eigenvalue weighted by atomic mass is 16.2. The zero-order valence-corrected chi connectivity index (χ0v) is 16.9. The summed E-state index contributed by atoms with van der Waals surface area (Å²) in [5.41, 5.74) is 0.758. The Bertz CT molecular complexity index is 668. The van der Waals surface area contributed by atoms with Crippen molar-refractivity contribution in [3.8, 4) is 0 Å². The second-order valence-electron chi connectivity index (χ2n) is 8.81. The number of benzene rings is 1. The number of rotatable bonds is 5. The molecule has 6 heteroatoms. The number of amides is 3. The van der Waals surface area contributed by atoms with Gasteiger partial charge in [0.05, 0.1) is 0 Å². The summed E-state index contributed by atoms with van der Waals surface area (Å²) in [6.45, 7) is 8.76. The normalized spacial score (nSPS) is 21.0. The zero-order chi connectivity index (χ0) is 19.6. The molecular formula is C21H32N4O2. The number of nitrogens with zero attached hydrogens (tertiary/aromatic N) is 3. The van der Waals surface area contributed by atoms with Crippen molar-refractivity contribution in [2.45, 2.75) is 13.8 Å². The van der Waals surface area contributed by atoms with Gasteiger partial charge in [-0.2, -0.15) is 0 Å². The molecule has 1 N–H and O–H groups in total. The molecule has 1 aromatic rings. The van der Waals surface area contributed by atoms with Crippen LogP contribution in [0.5, 0.6) is 0 Å². The van der Waals surface area contributed by atoms with Crippen molar-refractivity contribution in [2.75, 3.05) is 53.4 Å². The van der Waals surface area contributed by atoms with Crippen molar-refractivity contribution in [3.05, 3.63) is 35.9 Å². The molecule has 2 aliphatic heterocycles. The van der Waals surface area contributed by atoms with Crippen LogP contribution in [0.25, 0.3) is 0 Å². The molecule has 148 valence electrons. The quantitative estimate of drug-likeness (QED) is 0.860. The van der Waals surface area contributed by atoms with Gasteiger partial charge in [-0.15, -0.1) is 0 Å². The summed E-state index contributed by atoms with van der Waals surface area (Å²) in [5, 5.41) is 3.00. The van der Waals surface area contributed by atoms with Crippen LogP contribution < -0.4 is 5.32 Å². The summed E-state index contributed by atoms with van der Waals surface area (Å²) in [6, 6.07) is 9.50. The number of hydrogen-bond donors (Lipinski definition) is 1. The molecule has 27 heavy (non-hydrogen) atoms. The van der Waals surface area contributed by atoms with E-state index in [-0.39, 0.29) is 17.4 Å². The third kappa shape index (κ3) is 4.26. The fourth-order valence-electron chi connectivity index (χ4n) is 4.26. The molecule has 1 atom stereocenters. The van der Waals surface area contributed by atoms with Crippen LogP contribution in [0.2, 0.25) is 0 Å². The van der Waals surface area contributed by atoms with Crippen LogP contribution in [0.3, 0.4) is 0 Å². The van der Waals surface area contributed by atoms with E-state index in [0.717, 1.165) is 38.3 Å². The standard InChI is InChI=1S/C21H32N4O2/c1-16(2)10-22-20(27)25-14-21(15-25)13-24(12-18(21)11-23(3)4)19(26)17-8-6-5-7-9-17/h5-9,16,18H,10-15H2,1-4H3,(H,22,27). The molecule has 0 aliphatic carbocycles. The van der Waals surface area contributed by atoms with Gasteiger partial charge in [-0.1, -0.05) is 32.0 Å². The lowest BCUT2D eigenvalue weighted by atomic mass is 9.71. The topological polar surface area (TPSA) is 55.9 Å². The molecule has 6 nitrogen and oxygen atoms in total. The van der Waals surface area contributed by atoms with Crippen molar-refractivity contribution < 1.29 is 9.59 Å². The lowest BCUT2D eigenvalue weighted by Crippen LogP contribution is -2.65. The first-order valence-electron chi connectivity index (χ1n) is 9.82. The first kappa shape index (κ1) is 19.7. The number of nitrogens with one attached hydrogen (secondary N) is 1. The highest BCUT2D eigenvalue weighted by molar-refractivity contribution is 5.94. The van der Waals surface area contributed by atoms with Crippen LogP contribution in [0.15, 0.2) is 30.3 Å². The summed E-state index contributed by atoms with van der Waals surface area (Å²) in [6.07, 6.45) is 0. The average Bonchev–Trinajstić information content (AvgIpc) is 2.97. The predicted octanol–water partition coefficient (Wildman–Crippen LogP) is 1.99. The Morgan fingerprint density at radius 1 is 1.15 bits per heavy atom. The Morgan fingerprint density at radius 3 is 2.37 bits per heavy atom. The molecule has 0 radical (unpaired) electrons. The predicted molar refractivity (Wildman–Crippen MR) is 107 cm³/mol. The molecule has 3 amide bonds. The van der Waals surface area contributed by atoms with Crippen LogP contribution >= 0.6 is 0 Å². The van der Waals surface area contributed by atoms with Gasteiger partial charge in [-0.05, 0) is 38.1 Å². The first-order valence-corrected chi connectivity index (χ1v) is 9.82. The van der Waals surface area contributed by atoms with E-state index in [1.165, 1.54) is 0 Å². The molecule has 0 bridgehead atoms. The number of likely N-dealkylation sites (tertiary alicyclic amines) is 2. The fraction of sp³-hybridized carbons (Fsp3) is 0.619. The van der Waals surface area contributed by atoms with Gasteiger partial charge in [0.15, 0.2) is 0 Å². The maximum atomic E-state index is 12.9. The lowest BCUT2D eigenvalue weighted by Gasteiger charge is -2.51. The summed E-state index contributed by atoms with van der Waals surface area (Å²) in [4.78, 5) is 31.3. The van der Waals surface area contributed by atoms with Gasteiger partial charge < -0.3 is 20.0 Å². The molecule has 2 saturated heterocycles. The molecule has 1 unspecified atom stereocenters. The van der Waals surface area contributed by atoms with E-state index < -0.39 is 0 Å². The number of urea groups is 1. The van der Waals surface area contributed by atoms with Crippen LogP contribution in [0.4, 0.5) is 4.79 Å². The van der Waals surface area contributed by atoms with Gasteiger partial charge in [0.2, 0.25) is 0 Å². The van der Waals surface area contributed by atoms with Crippen molar-refractivity contribution in [1.29, 1.82) is 0 Å². The Kier molecular flexibility index (Phi) is 5.75. The Labute approximate surface area is 162 Å². The van der Waals surface area contributed by atoms with Crippen LogP contribution in [-0.4, -0.2) is 80.0 Å². The van der Waals surface area contributed by atoms with Crippen molar-refractivity contribution >= 4 is 11.9 Å². The second-order valence-corrected chi connectivity index (χ2v) is 8.81. The van der Waals surface area contributed by atoms with Crippen LogP contribution in [0.1, 0.15) is 24.2 Å². The van der Waals surface area contributed by atoms with E-state index in [9.17, 15) is 9.59 Å². The summed E-state index contributed by atoms with van der Waals surface area (Å²) >= 11 is 0. The molecule has 1 spiro atoms. The number of hydrogen-bond acceptors (Lipinski definition) is 3. The Balaban J connectivity index is 1.67. The molecule has 3 rings (SSSR count). The van der Waals surface area contributed by atoms with E-state index in [2.05, 4.69) is 38.2 Å². The third-order valence-corrected chi connectivity index (χ3v) is 5.67. The Hall–Kier alpha value is -2.08. The SMILES string of the molecule is CC(C)CNC(=O)N1CC2(C1)CN(C(=O)c1ccccc1)CC2CN(C)C. The maximum absolute atomic E-state index is 12.9. The average molecular weight is 373 g/mol. The van der Waals surface area contributed by atoms with Gasteiger partial charge in [0, 0.05) is 50.2 Å². The van der Waals surface area contributed by atoms with E-state index in [4.69, 9.17) is 0 Å². The first-order chi connectivity index (χ1) is 12.8. The minimum atomic E-state index is 0.0177. The monoisotopic (exact) mass is 372 g/mol. The van der Waals surface area contributed by atoms with E-state index in [1.807, 2.05) is 40.1 Å². The molecule has 2 heterocycles. The molecule has 0 saturated carbocycles. The van der Waals surface area contributed by atoms with Gasteiger partial charge >= 0.3 is 6.03 Å². The second kappa shape index (κ2) is 7.89. The van der Waals surface area contributed by atoms with E-state index in [1.54, 1.807) is 0 Å². The summed E-state index contributed by atoms with van der Waals surface area (Å²) in [7, 11) is 4.14. The summed E-state index contributed by atoms with van der Waals surface area (Å²) in [5.74, 6) is 0.921. The van der Waals surface area contributed by atoms with Crippen LogP contribution in [-0.2, 0) is 0 Å². The fourth-order valence-corrected chi connectivity index (χ4v) is 4.26. The third-order valence-electron chi connectivity index (χ3n) is 5.67. The number of carbonyl (C=O) groups is 2. The molecule has 0 aromatic heterocycles. The molecular weight excluding hydrogens is 340 g/mol. The number of carbonyl (C=O) groups excluding carboxylic acids is 2. The zero-order valence-electron chi connectivity index (χ0n) is 16.9. The molecule has 2 aliphatic rings.